The molecule has 2 N–H and O–H groups in total. The first-order valence-corrected chi connectivity index (χ1v) is 10.0. The van der Waals surface area contributed by atoms with E-state index in [4.69, 9.17) is 14.6 Å². The quantitative estimate of drug-likeness (QED) is 0.367. The molecule has 2 aromatic carbocycles. The Morgan fingerprint density at radius 3 is 1.47 bits per heavy atom. The first-order chi connectivity index (χ1) is 14.7. The third-order valence-electron chi connectivity index (χ3n) is 4.31. The highest BCUT2D eigenvalue weighted by atomic mass is 16.5. The average molecular weight is 441 g/mol. The summed E-state index contributed by atoms with van der Waals surface area (Å²) in [5.41, 5.74) is 1.02. The summed E-state index contributed by atoms with van der Waals surface area (Å²) >= 11 is 0. The number of hydrogen-bond donors (Lipinski definition) is 2. The minimum atomic E-state index is -0.513. The van der Waals surface area contributed by atoms with Gasteiger partial charge >= 0.3 is 11.9 Å². The minimum Gasteiger partial charge on any atom is -0.508 e. The van der Waals surface area contributed by atoms with Crippen LogP contribution >= 0.6 is 0 Å². The smallest absolute Gasteiger partial charge is 0.335 e. The van der Waals surface area contributed by atoms with E-state index in [1.807, 2.05) is 41.5 Å². The van der Waals surface area contributed by atoms with Crippen LogP contribution in [0.2, 0.25) is 0 Å². The van der Waals surface area contributed by atoms with Crippen LogP contribution in [-0.4, -0.2) is 22.2 Å². The lowest BCUT2D eigenvalue weighted by Gasteiger charge is -2.27. The van der Waals surface area contributed by atoms with Gasteiger partial charge in [0.05, 0.1) is 0 Å². The number of esters is 2. The molecule has 0 atom stereocenters. The van der Waals surface area contributed by atoms with E-state index in [9.17, 15) is 14.7 Å². The van der Waals surface area contributed by atoms with Gasteiger partial charge in [0, 0.05) is 23.3 Å². The number of phenols is 2. The van der Waals surface area contributed by atoms with Crippen molar-refractivity contribution in [3.8, 4) is 23.0 Å². The molecule has 0 amide bonds. The van der Waals surface area contributed by atoms with Crippen LogP contribution in [0.5, 0.6) is 23.0 Å². The Morgan fingerprint density at radius 2 is 1.12 bits per heavy atom. The Labute approximate surface area is 189 Å². The van der Waals surface area contributed by atoms with Gasteiger partial charge < -0.3 is 19.7 Å². The number of hydrogen-bond acceptors (Lipinski definition) is 6. The van der Waals surface area contributed by atoms with Crippen molar-refractivity contribution in [3.05, 3.63) is 72.8 Å². The molecule has 0 aromatic heterocycles. The second-order valence-corrected chi connectivity index (χ2v) is 9.11. The summed E-state index contributed by atoms with van der Waals surface area (Å²) in [6.07, 6.45) is 2.20. The molecule has 0 aliphatic heterocycles. The maximum absolute atomic E-state index is 11.4. The Morgan fingerprint density at radius 1 is 0.750 bits per heavy atom. The maximum Gasteiger partial charge on any atom is 0.335 e. The Bertz CT molecular complexity index is 938. The van der Waals surface area contributed by atoms with Gasteiger partial charge in [0.1, 0.15) is 23.0 Å². The Kier molecular flexibility index (Phi) is 8.83. The fourth-order valence-electron chi connectivity index (χ4n) is 2.64. The number of aromatic hydroxyl groups is 2. The zero-order chi connectivity index (χ0) is 24.7. The molecule has 2 rings (SSSR count). The van der Waals surface area contributed by atoms with Crippen LogP contribution in [-0.2, 0) is 20.4 Å². The second kappa shape index (κ2) is 10.7. The predicted octanol–water partition coefficient (Wildman–Crippen LogP) is 5.56. The third-order valence-corrected chi connectivity index (χ3v) is 4.31. The van der Waals surface area contributed by atoms with E-state index in [1.54, 1.807) is 12.1 Å². The summed E-state index contributed by atoms with van der Waals surface area (Å²) in [4.78, 5) is 22.0. The van der Waals surface area contributed by atoms with E-state index < -0.39 is 11.9 Å². The Balaban J connectivity index is 0.000000363. The van der Waals surface area contributed by atoms with Crippen LogP contribution in [0.4, 0.5) is 0 Å². The first-order valence-electron chi connectivity index (χ1n) is 10.0. The van der Waals surface area contributed by atoms with Crippen LogP contribution in [0.3, 0.4) is 0 Å². The summed E-state index contributed by atoms with van der Waals surface area (Å²) in [6.45, 7) is 18.7. The van der Waals surface area contributed by atoms with Gasteiger partial charge in [0.15, 0.2) is 0 Å². The summed E-state index contributed by atoms with van der Waals surface area (Å²) in [6, 6.07) is 9.29. The van der Waals surface area contributed by atoms with Crippen molar-refractivity contribution < 1.29 is 29.3 Å². The molecule has 0 aliphatic rings. The summed E-state index contributed by atoms with van der Waals surface area (Å²) in [5, 5.41) is 19.4. The lowest BCUT2D eigenvalue weighted by molar-refractivity contribution is -0.129. The zero-order valence-electron chi connectivity index (χ0n) is 19.6. The molecule has 6 nitrogen and oxygen atoms in total. The van der Waals surface area contributed by atoms with Crippen molar-refractivity contribution >= 4 is 11.9 Å². The highest BCUT2D eigenvalue weighted by Gasteiger charge is 2.27. The molecule has 0 saturated heterocycles. The normalized spacial score (nSPS) is 10.9. The van der Waals surface area contributed by atoms with Crippen molar-refractivity contribution in [1.82, 2.24) is 0 Å². The molecular formula is C26H32O6. The molecule has 2 aromatic rings. The highest BCUT2D eigenvalue weighted by Crippen LogP contribution is 2.41. The van der Waals surface area contributed by atoms with Gasteiger partial charge in [-0.1, -0.05) is 54.7 Å². The first kappa shape index (κ1) is 26.5. The molecule has 6 heteroatoms. The molecule has 32 heavy (non-hydrogen) atoms. The largest absolute Gasteiger partial charge is 0.508 e. The zero-order valence-corrected chi connectivity index (χ0v) is 19.6. The lowest BCUT2D eigenvalue weighted by atomic mass is 9.79. The van der Waals surface area contributed by atoms with Crippen molar-refractivity contribution in [2.24, 2.45) is 0 Å². The number of ether oxygens (including phenoxy) is 2. The van der Waals surface area contributed by atoms with E-state index in [-0.39, 0.29) is 22.3 Å². The van der Waals surface area contributed by atoms with Crippen LogP contribution in [0.25, 0.3) is 0 Å². The molecule has 0 bridgehead atoms. The fraction of sp³-hybridized carbons (Fsp3) is 0.308. The van der Waals surface area contributed by atoms with E-state index in [2.05, 4.69) is 13.2 Å². The monoisotopic (exact) mass is 440 g/mol. The van der Waals surface area contributed by atoms with Crippen molar-refractivity contribution in [3.63, 3.8) is 0 Å². The van der Waals surface area contributed by atoms with Gasteiger partial charge in [0.25, 0.3) is 0 Å². The van der Waals surface area contributed by atoms with Crippen LogP contribution in [0, 0.1) is 0 Å². The van der Waals surface area contributed by atoms with Gasteiger partial charge in [-0.2, -0.15) is 0 Å². The SMILES string of the molecule is C=CC(=O)Oc1cc(C(C)(C)C)c(O)c(C(C)(C)C)c1.C=CC(=O)Oc1ccc(O)cc1. The molecular weight excluding hydrogens is 408 g/mol. The molecule has 0 unspecified atom stereocenters. The topological polar surface area (TPSA) is 93.1 Å². The van der Waals surface area contributed by atoms with Crippen LogP contribution < -0.4 is 9.47 Å². The van der Waals surface area contributed by atoms with Crippen LogP contribution in [0.1, 0.15) is 52.7 Å². The van der Waals surface area contributed by atoms with Gasteiger partial charge in [-0.3, -0.25) is 0 Å². The highest BCUT2D eigenvalue weighted by molar-refractivity contribution is 5.83. The lowest BCUT2D eigenvalue weighted by Crippen LogP contribution is -2.18. The van der Waals surface area contributed by atoms with Gasteiger partial charge in [-0.15, -0.1) is 0 Å². The van der Waals surface area contributed by atoms with Crippen molar-refractivity contribution in [2.75, 3.05) is 0 Å². The van der Waals surface area contributed by atoms with E-state index in [0.29, 0.717) is 11.5 Å². The number of phenolic OH excluding ortho intramolecular Hbond substituents is 2. The van der Waals surface area contributed by atoms with Crippen molar-refractivity contribution in [2.45, 2.75) is 52.4 Å². The van der Waals surface area contributed by atoms with Crippen molar-refractivity contribution in [1.29, 1.82) is 0 Å². The number of benzene rings is 2. The molecule has 172 valence electrons. The Hall–Kier alpha value is -3.54. The molecule has 0 fully saturated rings. The fourth-order valence-corrected chi connectivity index (χ4v) is 2.64. The van der Waals surface area contributed by atoms with E-state index in [1.165, 1.54) is 24.3 Å². The average Bonchev–Trinajstić information content (AvgIpc) is 2.69. The molecule has 0 radical (unpaired) electrons. The number of carbonyl (C=O) groups excluding carboxylic acids is 2. The number of rotatable bonds is 4. The molecule has 0 aliphatic carbocycles. The molecule has 0 heterocycles. The van der Waals surface area contributed by atoms with Crippen LogP contribution in [0.15, 0.2) is 61.7 Å². The maximum atomic E-state index is 11.4. The summed E-state index contributed by atoms with van der Waals surface area (Å²) in [5.74, 6) is 0.202. The minimum absolute atomic E-state index is 0.133. The van der Waals surface area contributed by atoms with Gasteiger partial charge in [-0.25, -0.2) is 9.59 Å². The van der Waals surface area contributed by atoms with Gasteiger partial charge in [0.2, 0.25) is 0 Å². The summed E-state index contributed by atoms with van der Waals surface area (Å²) in [7, 11) is 0. The summed E-state index contributed by atoms with van der Waals surface area (Å²) < 4.78 is 9.97. The number of carbonyl (C=O) groups is 2. The van der Waals surface area contributed by atoms with E-state index >= 15 is 0 Å². The predicted molar refractivity (Wildman–Crippen MR) is 125 cm³/mol. The van der Waals surface area contributed by atoms with E-state index in [0.717, 1.165) is 23.3 Å². The second-order valence-electron chi connectivity index (χ2n) is 9.11. The molecule has 0 saturated carbocycles. The third kappa shape index (κ3) is 7.95. The van der Waals surface area contributed by atoms with Gasteiger partial charge in [-0.05, 0) is 47.2 Å². The molecule has 0 spiro atoms. The standard InChI is InChI=1S/C17H24O3.C9H8O3/c1-8-14(18)20-11-9-12(16(2,3)4)15(19)13(10-11)17(5,6)7;1-2-9(11)12-8-5-3-7(10)4-6-8/h8-10,19H,1H2,2-7H3;2-6,10H,1H2.